The van der Waals surface area contributed by atoms with Gasteiger partial charge in [-0.1, -0.05) is 31.5 Å². The zero-order chi connectivity index (χ0) is 26.5. The van der Waals surface area contributed by atoms with Crippen LogP contribution in [0.1, 0.15) is 45.2 Å². The van der Waals surface area contributed by atoms with Gasteiger partial charge in [0.25, 0.3) is 5.56 Å². The highest BCUT2D eigenvalue weighted by Crippen LogP contribution is 2.32. The number of aromatic amines is 1. The van der Waals surface area contributed by atoms with Crippen LogP contribution in [-0.4, -0.2) is 50.3 Å². The Morgan fingerprint density at radius 1 is 1.11 bits per heavy atom. The molecule has 1 saturated heterocycles. The maximum absolute atomic E-state index is 13.1. The maximum Gasteiger partial charge on any atom is 0.277 e. The van der Waals surface area contributed by atoms with Gasteiger partial charge >= 0.3 is 0 Å². The standard InChI is InChI=1S/C29H35N7O2/c1-4-12-23-25-26(35(3)34-23)28(37)33-27(32-25)22-19-21(15-16-24(22)38-5-2)31-29(36-17-10-7-11-18-36)30-20-13-8-6-9-14-20/h6,8-9,13-16,19H,4-5,7,10-12,17-18H2,1-3H3,(H,30,31)(H,32,33,37). The van der Waals surface area contributed by atoms with Crippen molar-refractivity contribution >= 4 is 28.4 Å². The van der Waals surface area contributed by atoms with Gasteiger partial charge in [0.2, 0.25) is 5.96 Å². The number of hydrogen-bond acceptors (Lipinski definition) is 5. The molecule has 9 nitrogen and oxygen atoms in total. The third-order valence-electron chi connectivity index (χ3n) is 6.69. The Labute approximate surface area is 222 Å². The predicted octanol–water partition coefficient (Wildman–Crippen LogP) is 5.26. The third-order valence-corrected chi connectivity index (χ3v) is 6.69. The van der Waals surface area contributed by atoms with E-state index in [2.05, 4.69) is 27.2 Å². The molecule has 1 fully saturated rings. The highest BCUT2D eigenvalue weighted by molar-refractivity contribution is 5.96. The zero-order valence-corrected chi connectivity index (χ0v) is 22.3. The molecule has 5 rings (SSSR count). The second kappa shape index (κ2) is 11.5. The van der Waals surface area contributed by atoms with Gasteiger partial charge in [-0.05, 0) is 62.9 Å². The molecule has 0 aliphatic carbocycles. The number of piperidine rings is 1. The smallest absolute Gasteiger partial charge is 0.277 e. The van der Waals surface area contributed by atoms with Gasteiger partial charge in [-0.2, -0.15) is 5.10 Å². The van der Waals surface area contributed by atoms with Crippen LogP contribution in [0, 0.1) is 0 Å². The second-order valence-corrected chi connectivity index (χ2v) is 9.52. The van der Waals surface area contributed by atoms with Gasteiger partial charge in [0.05, 0.1) is 23.6 Å². The molecular weight excluding hydrogens is 478 g/mol. The summed E-state index contributed by atoms with van der Waals surface area (Å²) < 4.78 is 7.56. The van der Waals surface area contributed by atoms with Gasteiger partial charge in [0, 0.05) is 25.8 Å². The molecule has 0 saturated carbocycles. The van der Waals surface area contributed by atoms with Crippen LogP contribution in [0.5, 0.6) is 5.75 Å². The molecular formula is C29H35N7O2. The van der Waals surface area contributed by atoms with Gasteiger partial charge in [0.1, 0.15) is 17.1 Å². The third kappa shape index (κ3) is 5.41. The molecule has 1 aliphatic rings. The molecule has 3 heterocycles. The number of fused-ring (bicyclic) bond motifs is 1. The van der Waals surface area contributed by atoms with E-state index >= 15 is 0 Å². The molecule has 0 atom stereocenters. The summed E-state index contributed by atoms with van der Waals surface area (Å²) in [5, 5.41) is 8.10. The minimum atomic E-state index is -0.220. The van der Waals surface area contributed by atoms with Crippen LogP contribution in [0.15, 0.2) is 58.3 Å². The number of anilines is 1. The Kier molecular flexibility index (Phi) is 7.72. The summed E-state index contributed by atoms with van der Waals surface area (Å²) in [4.78, 5) is 28.2. The quantitative estimate of drug-likeness (QED) is 0.258. The number of rotatable bonds is 7. The van der Waals surface area contributed by atoms with E-state index in [4.69, 9.17) is 14.7 Å². The van der Waals surface area contributed by atoms with Gasteiger partial charge in [-0.25, -0.2) is 9.98 Å². The van der Waals surface area contributed by atoms with E-state index in [1.165, 1.54) is 6.42 Å². The molecule has 2 N–H and O–H groups in total. The maximum atomic E-state index is 13.1. The predicted molar refractivity (Wildman–Crippen MR) is 152 cm³/mol. The number of benzene rings is 2. The lowest BCUT2D eigenvalue weighted by Gasteiger charge is -2.30. The van der Waals surface area contributed by atoms with Crippen LogP contribution in [0.25, 0.3) is 22.4 Å². The number of guanidine groups is 1. The molecule has 2 aromatic carbocycles. The number of nitrogens with zero attached hydrogens (tertiary/aromatic N) is 5. The van der Waals surface area contributed by atoms with Gasteiger partial charge in [-0.15, -0.1) is 0 Å². The number of likely N-dealkylation sites (tertiary alicyclic amines) is 1. The van der Waals surface area contributed by atoms with E-state index in [1.807, 2.05) is 55.5 Å². The molecule has 38 heavy (non-hydrogen) atoms. The topological polar surface area (TPSA) is 100 Å². The van der Waals surface area contributed by atoms with Crippen LogP contribution >= 0.6 is 0 Å². The van der Waals surface area contributed by atoms with Gasteiger partial charge in [0.15, 0.2) is 5.52 Å². The Morgan fingerprint density at radius 2 is 1.89 bits per heavy atom. The molecule has 2 aromatic heterocycles. The van der Waals surface area contributed by atoms with E-state index in [1.54, 1.807) is 11.7 Å². The number of para-hydroxylation sites is 1. The van der Waals surface area contributed by atoms with E-state index in [0.29, 0.717) is 34.8 Å². The number of aliphatic imine (C=N–C) groups is 1. The highest BCUT2D eigenvalue weighted by Gasteiger charge is 2.19. The SMILES string of the molecule is CCCc1nn(C)c2c(=O)[nH]c(-c3cc(NC(=Nc4ccccc4)N4CCCCC4)ccc3OCC)nc12. The number of H-pyrrole nitrogens is 1. The summed E-state index contributed by atoms with van der Waals surface area (Å²) in [6, 6.07) is 15.8. The Balaban J connectivity index is 1.57. The normalized spacial score (nSPS) is 14.2. The Bertz CT molecular complexity index is 1480. The summed E-state index contributed by atoms with van der Waals surface area (Å²) >= 11 is 0. The molecule has 9 heteroatoms. The first kappa shape index (κ1) is 25.5. The van der Waals surface area contributed by atoms with E-state index < -0.39 is 0 Å². The number of nitrogens with one attached hydrogen (secondary N) is 2. The van der Waals surface area contributed by atoms with Crippen molar-refractivity contribution in [2.24, 2.45) is 12.0 Å². The molecule has 1 aliphatic heterocycles. The summed E-state index contributed by atoms with van der Waals surface area (Å²) in [5.41, 5.74) is 4.16. The number of hydrogen-bond donors (Lipinski definition) is 2. The van der Waals surface area contributed by atoms with Crippen LogP contribution in [-0.2, 0) is 13.5 Å². The molecule has 0 unspecified atom stereocenters. The number of ether oxygens (including phenoxy) is 1. The van der Waals surface area contributed by atoms with Crippen molar-refractivity contribution in [1.82, 2.24) is 24.6 Å². The fourth-order valence-corrected chi connectivity index (χ4v) is 4.89. The van der Waals surface area contributed by atoms with Crippen molar-refractivity contribution in [1.29, 1.82) is 0 Å². The van der Waals surface area contributed by atoms with Crippen LogP contribution < -0.4 is 15.6 Å². The zero-order valence-electron chi connectivity index (χ0n) is 22.3. The summed E-state index contributed by atoms with van der Waals surface area (Å²) in [7, 11) is 1.78. The minimum Gasteiger partial charge on any atom is -0.493 e. The molecule has 198 valence electrons. The second-order valence-electron chi connectivity index (χ2n) is 9.52. The van der Waals surface area contributed by atoms with Crippen LogP contribution in [0.4, 0.5) is 11.4 Å². The van der Waals surface area contributed by atoms with E-state index in [0.717, 1.165) is 61.8 Å². The average molecular weight is 514 g/mol. The lowest BCUT2D eigenvalue weighted by atomic mass is 10.1. The van der Waals surface area contributed by atoms with Gasteiger partial charge < -0.3 is 19.9 Å². The monoisotopic (exact) mass is 513 g/mol. The number of aromatic nitrogens is 4. The van der Waals surface area contributed by atoms with Crippen molar-refractivity contribution in [3.05, 3.63) is 64.6 Å². The van der Waals surface area contributed by atoms with Crippen molar-refractivity contribution in [2.75, 3.05) is 25.0 Å². The largest absolute Gasteiger partial charge is 0.493 e. The molecule has 4 aromatic rings. The lowest BCUT2D eigenvalue weighted by Crippen LogP contribution is -2.39. The molecule has 0 bridgehead atoms. The Morgan fingerprint density at radius 3 is 2.63 bits per heavy atom. The fourth-order valence-electron chi connectivity index (χ4n) is 4.89. The average Bonchev–Trinajstić information content (AvgIpc) is 3.26. The van der Waals surface area contributed by atoms with Crippen LogP contribution in [0.3, 0.4) is 0 Å². The summed E-state index contributed by atoms with van der Waals surface area (Å²) in [6.45, 7) is 6.43. The first-order valence-electron chi connectivity index (χ1n) is 13.5. The Hall–Kier alpha value is -4.14. The van der Waals surface area contributed by atoms with E-state index in [9.17, 15) is 4.79 Å². The van der Waals surface area contributed by atoms with Crippen molar-refractivity contribution < 1.29 is 4.74 Å². The van der Waals surface area contributed by atoms with E-state index in [-0.39, 0.29) is 5.56 Å². The fraction of sp³-hybridized carbons (Fsp3) is 0.379. The molecule has 0 radical (unpaired) electrons. The highest BCUT2D eigenvalue weighted by atomic mass is 16.5. The van der Waals surface area contributed by atoms with Crippen molar-refractivity contribution in [2.45, 2.75) is 46.0 Å². The summed E-state index contributed by atoms with van der Waals surface area (Å²) in [5.74, 6) is 1.92. The molecule has 0 spiro atoms. The van der Waals surface area contributed by atoms with Crippen molar-refractivity contribution in [3.63, 3.8) is 0 Å². The lowest BCUT2D eigenvalue weighted by molar-refractivity contribution is 0.341. The van der Waals surface area contributed by atoms with Crippen molar-refractivity contribution in [3.8, 4) is 17.1 Å². The first-order chi connectivity index (χ1) is 18.6. The van der Waals surface area contributed by atoms with Crippen LogP contribution in [0.2, 0.25) is 0 Å². The van der Waals surface area contributed by atoms with Gasteiger partial charge in [-0.3, -0.25) is 9.48 Å². The molecule has 0 amide bonds. The number of aryl methyl sites for hydroxylation is 2. The first-order valence-corrected chi connectivity index (χ1v) is 13.5. The minimum absolute atomic E-state index is 0.220. The summed E-state index contributed by atoms with van der Waals surface area (Å²) in [6.07, 6.45) is 5.18.